The van der Waals surface area contributed by atoms with Crippen LogP contribution < -0.4 is 5.32 Å². The van der Waals surface area contributed by atoms with Crippen LogP contribution in [-0.4, -0.2) is 17.1 Å². The van der Waals surface area contributed by atoms with Gasteiger partial charge in [0.05, 0.1) is 6.42 Å². The number of hydrogen-bond donors (Lipinski definition) is 2. The normalized spacial score (nSPS) is 12.7. The molecular formula is C11H17NO2S. The molecule has 3 nitrogen and oxygen atoms in total. The van der Waals surface area contributed by atoms with E-state index in [4.69, 9.17) is 5.11 Å². The molecule has 1 aromatic rings. The summed E-state index contributed by atoms with van der Waals surface area (Å²) in [5.74, 6) is -0.756. The van der Waals surface area contributed by atoms with Crippen LogP contribution in [0.3, 0.4) is 0 Å². The van der Waals surface area contributed by atoms with Gasteiger partial charge in [0.2, 0.25) is 0 Å². The molecule has 0 aromatic carbocycles. The van der Waals surface area contributed by atoms with Crippen LogP contribution >= 0.6 is 11.3 Å². The zero-order valence-corrected chi connectivity index (χ0v) is 10.1. The van der Waals surface area contributed by atoms with Crippen molar-refractivity contribution in [3.05, 3.63) is 21.4 Å². The Kier molecular flexibility index (Phi) is 4.29. The first-order valence-electron chi connectivity index (χ1n) is 5.00. The third-order valence-corrected chi connectivity index (χ3v) is 3.48. The van der Waals surface area contributed by atoms with Crippen LogP contribution in [0.4, 0.5) is 0 Å². The summed E-state index contributed by atoms with van der Waals surface area (Å²) in [7, 11) is 0. The lowest BCUT2D eigenvalue weighted by Gasteiger charge is -2.09. The van der Waals surface area contributed by atoms with Gasteiger partial charge in [0.25, 0.3) is 0 Å². The highest BCUT2D eigenvalue weighted by molar-refractivity contribution is 7.12. The number of hydrogen-bond acceptors (Lipinski definition) is 3. The lowest BCUT2D eigenvalue weighted by Crippen LogP contribution is -2.27. The van der Waals surface area contributed by atoms with Gasteiger partial charge >= 0.3 is 5.97 Å². The fourth-order valence-electron chi connectivity index (χ4n) is 1.35. The first-order chi connectivity index (χ1) is 6.99. The second-order valence-corrected chi connectivity index (χ2v) is 5.17. The Morgan fingerprint density at radius 3 is 2.73 bits per heavy atom. The molecule has 0 bridgehead atoms. The molecular weight excluding hydrogens is 210 g/mol. The summed E-state index contributed by atoms with van der Waals surface area (Å²) in [5.41, 5.74) is 1.31. The maximum absolute atomic E-state index is 10.4. The lowest BCUT2D eigenvalue weighted by molar-refractivity contribution is -0.137. The second kappa shape index (κ2) is 5.28. The molecule has 1 unspecified atom stereocenters. The Labute approximate surface area is 94.1 Å². The zero-order chi connectivity index (χ0) is 11.4. The number of thiophene rings is 1. The first kappa shape index (κ1) is 12.2. The Balaban J connectivity index is 2.40. The number of carbonyl (C=O) groups is 1. The average molecular weight is 227 g/mol. The van der Waals surface area contributed by atoms with E-state index in [0.717, 1.165) is 6.54 Å². The van der Waals surface area contributed by atoms with Gasteiger partial charge in [-0.2, -0.15) is 0 Å². The van der Waals surface area contributed by atoms with E-state index in [1.807, 2.05) is 6.92 Å². The quantitative estimate of drug-likeness (QED) is 0.811. The Morgan fingerprint density at radius 1 is 1.60 bits per heavy atom. The molecule has 15 heavy (non-hydrogen) atoms. The van der Waals surface area contributed by atoms with E-state index >= 15 is 0 Å². The standard InChI is InChI=1S/C11H17NO2S/c1-7-4-10(15-9(7)3)6-12-8(2)5-11(13)14/h4,8,12H,5-6H2,1-3H3,(H,13,14). The van der Waals surface area contributed by atoms with Gasteiger partial charge in [0, 0.05) is 22.3 Å². The van der Waals surface area contributed by atoms with E-state index in [2.05, 4.69) is 25.2 Å². The maximum atomic E-state index is 10.4. The molecule has 0 aliphatic rings. The average Bonchev–Trinajstić information content (AvgIpc) is 2.42. The van der Waals surface area contributed by atoms with Crippen LogP contribution in [-0.2, 0) is 11.3 Å². The maximum Gasteiger partial charge on any atom is 0.304 e. The highest BCUT2D eigenvalue weighted by Crippen LogP contribution is 2.20. The molecule has 0 saturated heterocycles. The minimum Gasteiger partial charge on any atom is -0.481 e. The minimum absolute atomic E-state index is 0.0187. The van der Waals surface area contributed by atoms with E-state index in [1.165, 1.54) is 15.3 Å². The van der Waals surface area contributed by atoms with Crippen LogP contribution in [0.5, 0.6) is 0 Å². The van der Waals surface area contributed by atoms with Crippen LogP contribution in [0.25, 0.3) is 0 Å². The van der Waals surface area contributed by atoms with Crippen LogP contribution in [0.2, 0.25) is 0 Å². The third kappa shape index (κ3) is 4.01. The van der Waals surface area contributed by atoms with Gasteiger partial charge in [-0.05, 0) is 32.4 Å². The summed E-state index contributed by atoms with van der Waals surface area (Å²) >= 11 is 1.77. The molecule has 2 N–H and O–H groups in total. The van der Waals surface area contributed by atoms with Crippen molar-refractivity contribution in [3.8, 4) is 0 Å². The summed E-state index contributed by atoms with van der Waals surface area (Å²) in [6.45, 7) is 6.84. The van der Waals surface area contributed by atoms with E-state index in [9.17, 15) is 4.79 Å². The molecule has 0 aliphatic heterocycles. The molecule has 1 atom stereocenters. The number of rotatable bonds is 5. The zero-order valence-electron chi connectivity index (χ0n) is 9.33. The van der Waals surface area contributed by atoms with Crippen molar-refractivity contribution in [1.82, 2.24) is 5.32 Å². The van der Waals surface area contributed by atoms with E-state index < -0.39 is 5.97 Å². The summed E-state index contributed by atoms with van der Waals surface area (Å²) in [5, 5.41) is 11.8. The Morgan fingerprint density at radius 2 is 2.27 bits per heavy atom. The van der Waals surface area contributed by atoms with Crippen molar-refractivity contribution in [1.29, 1.82) is 0 Å². The van der Waals surface area contributed by atoms with Gasteiger partial charge in [0.1, 0.15) is 0 Å². The van der Waals surface area contributed by atoms with Gasteiger partial charge in [-0.1, -0.05) is 0 Å². The van der Waals surface area contributed by atoms with Crippen molar-refractivity contribution in [2.75, 3.05) is 0 Å². The summed E-state index contributed by atoms with van der Waals surface area (Å²) in [6.07, 6.45) is 0.170. The van der Waals surface area contributed by atoms with Crippen molar-refractivity contribution >= 4 is 17.3 Å². The van der Waals surface area contributed by atoms with Crippen LogP contribution in [0.15, 0.2) is 6.07 Å². The SMILES string of the molecule is Cc1cc(CNC(C)CC(=O)O)sc1C. The van der Waals surface area contributed by atoms with Crippen molar-refractivity contribution in [3.63, 3.8) is 0 Å². The predicted octanol–water partition coefficient (Wildman–Crippen LogP) is 2.32. The molecule has 0 radical (unpaired) electrons. The summed E-state index contributed by atoms with van der Waals surface area (Å²) in [6, 6.07) is 2.17. The molecule has 1 heterocycles. The van der Waals surface area contributed by atoms with Gasteiger partial charge in [-0.3, -0.25) is 4.79 Å². The Bertz CT molecular complexity index is 327. The third-order valence-electron chi connectivity index (χ3n) is 2.32. The van der Waals surface area contributed by atoms with Gasteiger partial charge in [-0.25, -0.2) is 0 Å². The topological polar surface area (TPSA) is 49.3 Å². The highest BCUT2D eigenvalue weighted by Gasteiger charge is 2.07. The number of carboxylic acids is 1. The molecule has 0 spiro atoms. The molecule has 0 amide bonds. The Hall–Kier alpha value is -0.870. The molecule has 0 fully saturated rings. The van der Waals surface area contributed by atoms with Gasteiger partial charge < -0.3 is 10.4 Å². The summed E-state index contributed by atoms with van der Waals surface area (Å²) in [4.78, 5) is 13.0. The number of aliphatic carboxylic acids is 1. The summed E-state index contributed by atoms with van der Waals surface area (Å²) < 4.78 is 0. The molecule has 0 aliphatic carbocycles. The van der Waals surface area contributed by atoms with Crippen LogP contribution in [0, 0.1) is 13.8 Å². The largest absolute Gasteiger partial charge is 0.481 e. The molecule has 0 saturated carbocycles. The molecule has 1 rings (SSSR count). The highest BCUT2D eigenvalue weighted by atomic mass is 32.1. The van der Waals surface area contributed by atoms with Crippen molar-refractivity contribution in [2.45, 2.75) is 39.8 Å². The van der Waals surface area contributed by atoms with Crippen molar-refractivity contribution < 1.29 is 9.90 Å². The van der Waals surface area contributed by atoms with Crippen molar-refractivity contribution in [2.24, 2.45) is 0 Å². The molecule has 4 heteroatoms. The number of aryl methyl sites for hydroxylation is 2. The van der Waals surface area contributed by atoms with Gasteiger partial charge in [0.15, 0.2) is 0 Å². The smallest absolute Gasteiger partial charge is 0.304 e. The fourth-order valence-corrected chi connectivity index (χ4v) is 2.35. The van der Waals surface area contributed by atoms with E-state index in [1.54, 1.807) is 11.3 Å². The molecule has 1 aromatic heterocycles. The van der Waals surface area contributed by atoms with E-state index in [0.29, 0.717) is 0 Å². The number of carboxylic acid groups (broad SMARTS) is 1. The van der Waals surface area contributed by atoms with Crippen LogP contribution in [0.1, 0.15) is 28.7 Å². The second-order valence-electron chi connectivity index (χ2n) is 3.83. The fraction of sp³-hybridized carbons (Fsp3) is 0.545. The number of nitrogens with one attached hydrogen (secondary N) is 1. The monoisotopic (exact) mass is 227 g/mol. The molecule has 84 valence electrons. The van der Waals surface area contributed by atoms with E-state index in [-0.39, 0.29) is 12.5 Å². The predicted molar refractivity (Wildman–Crippen MR) is 62.3 cm³/mol. The minimum atomic E-state index is -0.756. The lowest BCUT2D eigenvalue weighted by atomic mass is 10.2. The first-order valence-corrected chi connectivity index (χ1v) is 5.81. The van der Waals surface area contributed by atoms with Gasteiger partial charge in [-0.15, -0.1) is 11.3 Å².